The minimum Gasteiger partial charge on any atom is -0.346 e. The SMILES string of the molecule is CN1CCN(C2CC3NC(=O)C(=O)C3CC2F)CC1. The van der Waals surface area contributed by atoms with Gasteiger partial charge in [-0.3, -0.25) is 14.5 Å². The van der Waals surface area contributed by atoms with Crippen LogP contribution >= 0.6 is 0 Å². The number of nitrogens with zero attached hydrogens (tertiary/aromatic N) is 2. The van der Waals surface area contributed by atoms with Crippen molar-refractivity contribution >= 4 is 11.7 Å². The summed E-state index contributed by atoms with van der Waals surface area (Å²) in [5, 5.41) is 2.71. The standard InChI is InChI=1S/C13H20FN3O2/c1-16-2-4-17(5-3-16)11-7-10-8(6-9(11)14)12(18)13(19)15-10/h8-11H,2-7H2,1H3,(H,15,19). The van der Waals surface area contributed by atoms with Crippen LogP contribution in [0.1, 0.15) is 12.8 Å². The minimum absolute atomic E-state index is 0.152. The Labute approximate surface area is 112 Å². The van der Waals surface area contributed by atoms with Gasteiger partial charge in [0.05, 0.1) is 5.92 Å². The molecule has 0 aromatic heterocycles. The predicted octanol–water partition coefficient (Wildman–Crippen LogP) is -0.582. The quantitative estimate of drug-likeness (QED) is 0.647. The lowest BCUT2D eigenvalue weighted by Crippen LogP contribution is -2.56. The molecule has 0 aromatic rings. The number of fused-ring (bicyclic) bond motifs is 1. The van der Waals surface area contributed by atoms with Crippen molar-refractivity contribution < 1.29 is 14.0 Å². The lowest BCUT2D eigenvalue weighted by atomic mass is 9.80. The zero-order valence-electron chi connectivity index (χ0n) is 11.1. The number of alkyl halides is 1. The number of ketones is 1. The molecule has 6 heteroatoms. The van der Waals surface area contributed by atoms with Crippen LogP contribution in [0.5, 0.6) is 0 Å². The highest BCUT2D eigenvalue weighted by molar-refractivity contribution is 6.39. The van der Waals surface area contributed by atoms with Gasteiger partial charge in [0, 0.05) is 38.3 Å². The average Bonchev–Trinajstić information content (AvgIpc) is 2.66. The first-order chi connectivity index (χ1) is 9.06. The van der Waals surface area contributed by atoms with Gasteiger partial charge < -0.3 is 10.2 Å². The van der Waals surface area contributed by atoms with E-state index in [9.17, 15) is 14.0 Å². The zero-order chi connectivity index (χ0) is 13.6. The second-order valence-corrected chi connectivity index (χ2v) is 5.94. The normalized spacial score (nSPS) is 41.2. The van der Waals surface area contributed by atoms with E-state index < -0.39 is 23.8 Å². The topological polar surface area (TPSA) is 52.6 Å². The fourth-order valence-corrected chi connectivity index (χ4v) is 3.52. The molecular formula is C13H20FN3O2. The van der Waals surface area contributed by atoms with Gasteiger partial charge in [0.2, 0.25) is 5.78 Å². The molecule has 3 fully saturated rings. The van der Waals surface area contributed by atoms with Crippen LogP contribution in [0.15, 0.2) is 0 Å². The van der Waals surface area contributed by atoms with Crippen LogP contribution in [0.25, 0.3) is 0 Å². The van der Waals surface area contributed by atoms with Crippen molar-refractivity contribution in [3.8, 4) is 0 Å². The Morgan fingerprint density at radius 1 is 1.16 bits per heavy atom. The summed E-state index contributed by atoms with van der Waals surface area (Å²) in [6.45, 7) is 3.62. The van der Waals surface area contributed by atoms with Gasteiger partial charge in [0.15, 0.2) is 0 Å². The molecule has 0 bridgehead atoms. The van der Waals surface area contributed by atoms with Crippen LogP contribution in [0, 0.1) is 5.92 Å². The Bertz CT molecular complexity index is 395. The molecule has 2 aliphatic heterocycles. The molecule has 2 saturated heterocycles. The summed E-state index contributed by atoms with van der Waals surface area (Å²) in [5.74, 6) is -1.39. The maximum absolute atomic E-state index is 14.3. The summed E-state index contributed by atoms with van der Waals surface area (Å²) in [4.78, 5) is 27.4. The molecule has 2 heterocycles. The molecule has 0 spiro atoms. The highest BCUT2D eigenvalue weighted by atomic mass is 19.1. The Morgan fingerprint density at radius 2 is 1.84 bits per heavy atom. The van der Waals surface area contributed by atoms with E-state index in [0.29, 0.717) is 6.42 Å². The number of likely N-dealkylation sites (N-methyl/N-ethyl adjacent to an activating group) is 1. The van der Waals surface area contributed by atoms with Gasteiger partial charge in [-0.25, -0.2) is 4.39 Å². The number of halogens is 1. The summed E-state index contributed by atoms with van der Waals surface area (Å²) in [7, 11) is 2.07. The van der Waals surface area contributed by atoms with Gasteiger partial charge in [0.1, 0.15) is 6.17 Å². The van der Waals surface area contributed by atoms with E-state index in [-0.39, 0.29) is 18.5 Å². The van der Waals surface area contributed by atoms with Crippen molar-refractivity contribution in [2.45, 2.75) is 31.1 Å². The number of amides is 1. The molecule has 106 valence electrons. The van der Waals surface area contributed by atoms with Crippen molar-refractivity contribution in [2.24, 2.45) is 5.92 Å². The first-order valence-electron chi connectivity index (χ1n) is 6.97. The Kier molecular flexibility index (Phi) is 3.30. The van der Waals surface area contributed by atoms with E-state index >= 15 is 0 Å². The highest BCUT2D eigenvalue weighted by Crippen LogP contribution is 2.34. The Hall–Kier alpha value is -1.01. The maximum atomic E-state index is 14.3. The lowest BCUT2D eigenvalue weighted by Gasteiger charge is -2.43. The maximum Gasteiger partial charge on any atom is 0.287 e. The number of carbonyl (C=O) groups is 2. The van der Waals surface area contributed by atoms with Crippen LogP contribution in [-0.4, -0.2) is 73.0 Å². The van der Waals surface area contributed by atoms with Gasteiger partial charge in [-0.2, -0.15) is 0 Å². The van der Waals surface area contributed by atoms with E-state index in [1.54, 1.807) is 0 Å². The van der Waals surface area contributed by atoms with Gasteiger partial charge in [-0.05, 0) is 19.9 Å². The number of hydrogen-bond donors (Lipinski definition) is 1. The van der Waals surface area contributed by atoms with Crippen molar-refractivity contribution in [1.82, 2.24) is 15.1 Å². The number of rotatable bonds is 1. The third-order valence-corrected chi connectivity index (χ3v) is 4.76. The molecule has 19 heavy (non-hydrogen) atoms. The lowest BCUT2D eigenvalue weighted by molar-refractivity contribution is -0.137. The monoisotopic (exact) mass is 269 g/mol. The van der Waals surface area contributed by atoms with Crippen LogP contribution in [-0.2, 0) is 9.59 Å². The molecule has 5 nitrogen and oxygen atoms in total. The third kappa shape index (κ3) is 2.27. The first kappa shape index (κ1) is 13.0. The van der Waals surface area contributed by atoms with Crippen LogP contribution in [0.2, 0.25) is 0 Å². The van der Waals surface area contributed by atoms with Crippen LogP contribution in [0.3, 0.4) is 0 Å². The molecule has 1 aliphatic carbocycles. The van der Waals surface area contributed by atoms with Gasteiger partial charge in [0.25, 0.3) is 5.91 Å². The number of Topliss-reactive ketones (excluding diaryl/α,β-unsaturated/α-hetero) is 1. The van der Waals surface area contributed by atoms with Crippen molar-refractivity contribution in [2.75, 3.05) is 33.2 Å². The first-order valence-corrected chi connectivity index (χ1v) is 6.97. The third-order valence-electron chi connectivity index (χ3n) is 4.76. The van der Waals surface area contributed by atoms with Crippen molar-refractivity contribution in [3.05, 3.63) is 0 Å². The van der Waals surface area contributed by atoms with E-state index in [4.69, 9.17) is 0 Å². The van der Waals surface area contributed by atoms with Crippen molar-refractivity contribution in [1.29, 1.82) is 0 Å². The minimum atomic E-state index is -0.999. The van der Waals surface area contributed by atoms with E-state index in [0.717, 1.165) is 26.2 Å². The summed E-state index contributed by atoms with van der Waals surface area (Å²) in [6.07, 6.45) is -0.243. The summed E-state index contributed by atoms with van der Waals surface area (Å²) in [5.41, 5.74) is 0. The second-order valence-electron chi connectivity index (χ2n) is 5.94. The zero-order valence-corrected chi connectivity index (χ0v) is 11.1. The van der Waals surface area contributed by atoms with Crippen LogP contribution in [0.4, 0.5) is 4.39 Å². The highest BCUT2D eigenvalue weighted by Gasteiger charge is 2.49. The number of carbonyl (C=O) groups excluding carboxylic acids is 2. The largest absolute Gasteiger partial charge is 0.346 e. The Morgan fingerprint density at radius 3 is 2.53 bits per heavy atom. The van der Waals surface area contributed by atoms with Gasteiger partial charge >= 0.3 is 0 Å². The molecular weight excluding hydrogens is 249 g/mol. The van der Waals surface area contributed by atoms with Gasteiger partial charge in [-0.15, -0.1) is 0 Å². The van der Waals surface area contributed by atoms with Crippen molar-refractivity contribution in [3.63, 3.8) is 0 Å². The van der Waals surface area contributed by atoms with E-state index in [1.165, 1.54) is 0 Å². The average molecular weight is 269 g/mol. The smallest absolute Gasteiger partial charge is 0.287 e. The molecule has 1 N–H and O–H groups in total. The fourth-order valence-electron chi connectivity index (χ4n) is 3.52. The summed E-state index contributed by atoms with van der Waals surface area (Å²) in [6, 6.07) is -0.308. The number of piperazine rings is 1. The number of hydrogen-bond acceptors (Lipinski definition) is 4. The molecule has 4 atom stereocenters. The molecule has 4 unspecified atom stereocenters. The predicted molar refractivity (Wildman–Crippen MR) is 67.4 cm³/mol. The Balaban J connectivity index is 1.68. The molecule has 0 aromatic carbocycles. The summed E-state index contributed by atoms with van der Waals surface area (Å²) < 4.78 is 14.3. The van der Waals surface area contributed by atoms with E-state index in [2.05, 4.69) is 22.2 Å². The second kappa shape index (κ2) is 4.83. The van der Waals surface area contributed by atoms with Gasteiger partial charge in [-0.1, -0.05) is 0 Å². The molecule has 1 amide bonds. The summed E-state index contributed by atoms with van der Waals surface area (Å²) >= 11 is 0. The molecule has 0 radical (unpaired) electrons. The van der Waals surface area contributed by atoms with Crippen LogP contribution < -0.4 is 5.32 Å². The molecule has 3 rings (SSSR count). The molecule has 3 aliphatic rings. The van der Waals surface area contributed by atoms with E-state index in [1.807, 2.05) is 0 Å². The number of nitrogens with one attached hydrogen (secondary N) is 1. The molecule has 1 saturated carbocycles. The fraction of sp³-hybridized carbons (Fsp3) is 0.846.